The molecule has 0 N–H and O–H groups in total. The molecule has 8 heteroatoms. The third-order valence-corrected chi connectivity index (χ3v) is 4.02. The van der Waals surface area contributed by atoms with Crippen molar-refractivity contribution in [3.8, 4) is 23.0 Å². The molecule has 0 spiro atoms. The Morgan fingerprint density at radius 3 is 2.59 bits per heavy atom. The number of aromatic nitrogens is 5. The van der Waals surface area contributed by atoms with E-state index in [9.17, 15) is 4.39 Å². The summed E-state index contributed by atoms with van der Waals surface area (Å²) in [4.78, 5) is 9.07. The van der Waals surface area contributed by atoms with Crippen molar-refractivity contribution in [2.24, 2.45) is 0 Å². The number of rotatable bonds is 4. The van der Waals surface area contributed by atoms with Gasteiger partial charge in [0.05, 0.1) is 18.9 Å². The van der Waals surface area contributed by atoms with E-state index < -0.39 is 5.82 Å². The number of benzene rings is 1. The van der Waals surface area contributed by atoms with Crippen molar-refractivity contribution in [3.63, 3.8) is 0 Å². The van der Waals surface area contributed by atoms with Crippen LogP contribution in [0.25, 0.3) is 28.2 Å². The first-order chi connectivity index (χ1) is 13.0. The Kier molecular flexibility index (Phi) is 4.10. The fourth-order valence-electron chi connectivity index (χ4n) is 2.95. The van der Waals surface area contributed by atoms with Gasteiger partial charge in [0.15, 0.2) is 11.3 Å². The minimum atomic E-state index is -0.408. The number of pyridine rings is 1. The van der Waals surface area contributed by atoms with Crippen LogP contribution in [0.3, 0.4) is 0 Å². The second-order valence-corrected chi connectivity index (χ2v) is 6.42. The maximum Gasteiger partial charge on any atom is 0.215 e. The Hall–Kier alpha value is -3.29. The Bertz CT molecular complexity index is 1160. The van der Waals surface area contributed by atoms with Crippen LogP contribution in [0, 0.1) is 12.7 Å². The van der Waals surface area contributed by atoms with E-state index in [4.69, 9.17) is 9.47 Å². The van der Waals surface area contributed by atoms with Crippen molar-refractivity contribution >= 4 is 16.8 Å². The largest absolute Gasteiger partial charge is 0.491 e. The minimum Gasteiger partial charge on any atom is -0.491 e. The molecule has 7 nitrogen and oxygen atoms in total. The molecule has 0 fully saturated rings. The van der Waals surface area contributed by atoms with Crippen LogP contribution < -0.4 is 9.47 Å². The van der Waals surface area contributed by atoms with Crippen LogP contribution in [0.1, 0.15) is 19.5 Å². The lowest BCUT2D eigenvalue weighted by atomic mass is 10.2. The summed E-state index contributed by atoms with van der Waals surface area (Å²) in [7, 11) is 1.54. The maximum atomic E-state index is 14.2. The number of imidazole rings is 1. The Labute approximate surface area is 154 Å². The van der Waals surface area contributed by atoms with Gasteiger partial charge in [-0.1, -0.05) is 0 Å². The van der Waals surface area contributed by atoms with Gasteiger partial charge in [-0.05, 0) is 39.0 Å². The fraction of sp³-hybridized carbons (Fsp3) is 0.263. The van der Waals surface area contributed by atoms with Gasteiger partial charge in [-0.25, -0.2) is 9.37 Å². The Balaban J connectivity index is 2.02. The van der Waals surface area contributed by atoms with Gasteiger partial charge in [-0.3, -0.25) is 4.40 Å². The molecule has 0 saturated heterocycles. The van der Waals surface area contributed by atoms with Crippen molar-refractivity contribution in [1.82, 2.24) is 24.6 Å². The lowest BCUT2D eigenvalue weighted by molar-refractivity contribution is 0.241. The first-order valence-corrected chi connectivity index (χ1v) is 8.50. The molecular formula is C19H18FN5O2. The molecule has 0 aliphatic carbocycles. The monoisotopic (exact) mass is 367 g/mol. The van der Waals surface area contributed by atoms with Gasteiger partial charge < -0.3 is 9.47 Å². The first-order valence-electron chi connectivity index (χ1n) is 8.50. The molecule has 4 rings (SSSR count). The van der Waals surface area contributed by atoms with Crippen LogP contribution in [0.15, 0.2) is 30.3 Å². The Morgan fingerprint density at radius 2 is 1.85 bits per heavy atom. The molecule has 3 aromatic heterocycles. The van der Waals surface area contributed by atoms with Gasteiger partial charge >= 0.3 is 0 Å². The summed E-state index contributed by atoms with van der Waals surface area (Å²) in [5, 5.41) is 8.45. The summed E-state index contributed by atoms with van der Waals surface area (Å²) in [6.45, 7) is 5.60. The average molecular weight is 367 g/mol. The number of hydrogen-bond acceptors (Lipinski definition) is 6. The van der Waals surface area contributed by atoms with E-state index >= 15 is 0 Å². The number of halogens is 1. The number of nitrogens with zero attached hydrogens (tertiary/aromatic N) is 5. The summed E-state index contributed by atoms with van der Waals surface area (Å²) < 4.78 is 26.9. The molecule has 0 aliphatic rings. The van der Waals surface area contributed by atoms with Crippen molar-refractivity contribution in [3.05, 3.63) is 41.8 Å². The highest BCUT2D eigenvalue weighted by Gasteiger charge is 2.18. The molecule has 27 heavy (non-hydrogen) atoms. The number of methoxy groups -OCH3 is 1. The number of fused-ring (bicyclic) bond motifs is 3. The predicted octanol–water partition coefficient (Wildman–Crippen LogP) is 3.58. The molecule has 0 bridgehead atoms. The van der Waals surface area contributed by atoms with Gasteiger partial charge in [0, 0.05) is 17.7 Å². The molecule has 0 atom stereocenters. The van der Waals surface area contributed by atoms with Crippen molar-refractivity contribution in [2.45, 2.75) is 26.9 Å². The zero-order valence-electron chi connectivity index (χ0n) is 15.4. The highest BCUT2D eigenvalue weighted by Crippen LogP contribution is 2.29. The lowest BCUT2D eigenvalue weighted by Gasteiger charge is -2.11. The quantitative estimate of drug-likeness (QED) is 0.549. The number of ether oxygens (including phenoxy) is 2. The molecule has 0 amide bonds. The molecule has 0 radical (unpaired) electrons. The highest BCUT2D eigenvalue weighted by molar-refractivity contribution is 5.77. The third-order valence-electron chi connectivity index (χ3n) is 4.02. The topological polar surface area (TPSA) is 74.4 Å². The summed E-state index contributed by atoms with van der Waals surface area (Å²) in [6.07, 6.45) is -0.0731. The summed E-state index contributed by atoms with van der Waals surface area (Å²) in [5.74, 6) is 0.981. The second kappa shape index (κ2) is 6.46. The molecule has 138 valence electrons. The van der Waals surface area contributed by atoms with E-state index in [0.29, 0.717) is 45.5 Å². The molecular weight excluding hydrogens is 349 g/mol. The molecule has 4 aromatic rings. The molecule has 1 aromatic carbocycles. The van der Waals surface area contributed by atoms with Crippen LogP contribution >= 0.6 is 0 Å². The van der Waals surface area contributed by atoms with Crippen LogP contribution in [-0.4, -0.2) is 37.8 Å². The number of hydrogen-bond donors (Lipinski definition) is 0. The van der Waals surface area contributed by atoms with E-state index in [1.54, 1.807) is 29.7 Å². The van der Waals surface area contributed by atoms with Crippen molar-refractivity contribution < 1.29 is 13.9 Å². The normalized spacial score (nSPS) is 11.5. The molecule has 3 heterocycles. The van der Waals surface area contributed by atoms with Crippen molar-refractivity contribution in [1.29, 1.82) is 0 Å². The first kappa shape index (κ1) is 17.1. The minimum absolute atomic E-state index is 0.0731. The van der Waals surface area contributed by atoms with Crippen LogP contribution in [0.2, 0.25) is 0 Å². The van der Waals surface area contributed by atoms with Crippen molar-refractivity contribution in [2.75, 3.05) is 7.11 Å². The van der Waals surface area contributed by atoms with Crippen LogP contribution in [0.5, 0.6) is 11.6 Å². The van der Waals surface area contributed by atoms with Crippen LogP contribution in [0.4, 0.5) is 4.39 Å². The van der Waals surface area contributed by atoms with Gasteiger partial charge in [-0.2, -0.15) is 4.98 Å². The second-order valence-electron chi connectivity index (χ2n) is 6.42. The Morgan fingerprint density at radius 1 is 1.04 bits per heavy atom. The summed E-state index contributed by atoms with van der Waals surface area (Å²) >= 11 is 0. The van der Waals surface area contributed by atoms with Gasteiger partial charge in [0.25, 0.3) is 0 Å². The summed E-state index contributed by atoms with van der Waals surface area (Å²) in [6, 6.07) is 8.00. The zero-order chi connectivity index (χ0) is 19.1. The standard InChI is InChI=1S/C19H18FN5O2/c1-10(2)27-14-8-12(7-13(20)9-14)18-21-11(3)17-24-23-15-5-6-16(26-4)22-19(15)25(17)18/h5-10H,1-4H3. The maximum absolute atomic E-state index is 14.2. The van der Waals surface area contributed by atoms with Gasteiger partial charge in [0.2, 0.25) is 5.88 Å². The smallest absolute Gasteiger partial charge is 0.215 e. The van der Waals surface area contributed by atoms with Gasteiger partial charge in [0.1, 0.15) is 22.9 Å². The van der Waals surface area contributed by atoms with E-state index in [1.807, 2.05) is 20.8 Å². The fourth-order valence-corrected chi connectivity index (χ4v) is 2.95. The third kappa shape index (κ3) is 3.03. The molecule has 0 unspecified atom stereocenters. The number of aryl methyl sites for hydroxylation is 1. The predicted molar refractivity (Wildman–Crippen MR) is 98.5 cm³/mol. The molecule has 0 saturated carbocycles. The van der Waals surface area contributed by atoms with E-state index in [2.05, 4.69) is 20.2 Å². The highest BCUT2D eigenvalue weighted by atomic mass is 19.1. The van der Waals surface area contributed by atoms with Crippen LogP contribution in [-0.2, 0) is 0 Å². The van der Waals surface area contributed by atoms with E-state index in [0.717, 1.165) is 0 Å². The van der Waals surface area contributed by atoms with Gasteiger partial charge in [-0.15, -0.1) is 10.2 Å². The zero-order valence-corrected chi connectivity index (χ0v) is 15.4. The average Bonchev–Trinajstić information content (AvgIpc) is 2.97. The van der Waals surface area contributed by atoms with E-state index in [-0.39, 0.29) is 6.10 Å². The van der Waals surface area contributed by atoms with E-state index in [1.165, 1.54) is 12.1 Å². The SMILES string of the molecule is COc1ccc2nnc3c(C)nc(-c4cc(F)cc(OC(C)C)c4)n3c2n1. The lowest BCUT2D eigenvalue weighted by Crippen LogP contribution is -2.06. The molecule has 0 aliphatic heterocycles. The summed E-state index contributed by atoms with van der Waals surface area (Å²) in [5.41, 5.74) is 2.89.